The van der Waals surface area contributed by atoms with E-state index in [1.165, 1.54) is 0 Å². The van der Waals surface area contributed by atoms with Gasteiger partial charge in [0.2, 0.25) is 0 Å². The van der Waals surface area contributed by atoms with Crippen molar-refractivity contribution in [2.24, 2.45) is 5.41 Å². The molecule has 0 amide bonds. The van der Waals surface area contributed by atoms with E-state index in [9.17, 15) is 9.90 Å². The molecule has 0 saturated heterocycles. The van der Waals surface area contributed by atoms with Gasteiger partial charge in [0.1, 0.15) is 5.54 Å². The van der Waals surface area contributed by atoms with Crippen LogP contribution in [-0.2, 0) is 4.79 Å². The van der Waals surface area contributed by atoms with E-state index < -0.39 is 11.5 Å². The predicted molar refractivity (Wildman–Crippen MR) is 89.7 cm³/mol. The highest BCUT2D eigenvalue weighted by Gasteiger charge is 2.32. The van der Waals surface area contributed by atoms with Crippen LogP contribution < -0.4 is 5.32 Å². The van der Waals surface area contributed by atoms with Crippen molar-refractivity contribution in [1.82, 2.24) is 10.2 Å². The smallest absolute Gasteiger partial charge is 0.323 e. The third-order valence-corrected chi connectivity index (χ3v) is 4.43. The van der Waals surface area contributed by atoms with Gasteiger partial charge in [-0.15, -0.1) is 0 Å². The molecule has 0 aliphatic carbocycles. The highest BCUT2D eigenvalue weighted by atomic mass is 16.4. The second kappa shape index (κ2) is 8.14. The van der Waals surface area contributed by atoms with Crippen molar-refractivity contribution >= 4 is 5.97 Å². The number of nitrogens with zero attached hydrogens (tertiary/aromatic N) is 1. The molecule has 0 heterocycles. The largest absolute Gasteiger partial charge is 0.480 e. The standard InChI is InChI=1S/C17H36N2O2/c1-13(2)18-17(7,15(20)21)11-9-10-12-19(8)14(3)16(4,5)6/h13-14,18H,9-12H2,1-8H3,(H,20,21). The number of nitrogens with one attached hydrogen (secondary N) is 1. The summed E-state index contributed by atoms with van der Waals surface area (Å²) in [6.45, 7) is 15.8. The van der Waals surface area contributed by atoms with E-state index in [0.717, 1.165) is 19.4 Å². The summed E-state index contributed by atoms with van der Waals surface area (Å²) >= 11 is 0. The number of hydrogen-bond donors (Lipinski definition) is 2. The number of unbranched alkanes of at least 4 members (excludes halogenated alkanes) is 1. The van der Waals surface area contributed by atoms with E-state index in [4.69, 9.17) is 0 Å². The Kier molecular flexibility index (Phi) is 7.90. The van der Waals surface area contributed by atoms with Gasteiger partial charge in [0, 0.05) is 12.1 Å². The van der Waals surface area contributed by atoms with Crippen LogP contribution in [0.4, 0.5) is 0 Å². The van der Waals surface area contributed by atoms with Gasteiger partial charge in [-0.1, -0.05) is 20.8 Å². The second-order valence-corrected chi connectivity index (χ2v) is 7.92. The van der Waals surface area contributed by atoms with Crippen molar-refractivity contribution in [2.75, 3.05) is 13.6 Å². The third-order valence-electron chi connectivity index (χ3n) is 4.43. The van der Waals surface area contributed by atoms with Gasteiger partial charge in [-0.2, -0.15) is 0 Å². The molecule has 2 unspecified atom stereocenters. The molecule has 21 heavy (non-hydrogen) atoms. The third kappa shape index (κ3) is 7.28. The monoisotopic (exact) mass is 300 g/mol. The maximum absolute atomic E-state index is 11.5. The van der Waals surface area contributed by atoms with Crippen molar-refractivity contribution in [2.45, 2.75) is 85.4 Å². The fourth-order valence-electron chi connectivity index (χ4n) is 2.57. The molecule has 2 N–H and O–H groups in total. The lowest BCUT2D eigenvalue weighted by Gasteiger charge is -2.35. The van der Waals surface area contributed by atoms with Crippen molar-refractivity contribution in [3.63, 3.8) is 0 Å². The highest BCUT2D eigenvalue weighted by Crippen LogP contribution is 2.23. The molecule has 0 aliphatic rings. The Morgan fingerprint density at radius 2 is 1.67 bits per heavy atom. The first-order chi connectivity index (χ1) is 9.40. The molecule has 0 rings (SSSR count). The Bertz CT molecular complexity index is 323. The summed E-state index contributed by atoms with van der Waals surface area (Å²) in [5.74, 6) is -0.757. The van der Waals surface area contributed by atoms with E-state index >= 15 is 0 Å². The van der Waals surface area contributed by atoms with Gasteiger partial charge in [0.15, 0.2) is 0 Å². The predicted octanol–water partition coefficient (Wildman–Crippen LogP) is 3.36. The molecule has 4 heteroatoms. The summed E-state index contributed by atoms with van der Waals surface area (Å²) in [6.07, 6.45) is 2.61. The zero-order chi connectivity index (χ0) is 16.8. The zero-order valence-corrected chi connectivity index (χ0v) is 15.3. The fraction of sp³-hybridized carbons (Fsp3) is 0.941. The number of carboxylic acid groups (broad SMARTS) is 1. The van der Waals surface area contributed by atoms with Crippen LogP contribution >= 0.6 is 0 Å². The van der Waals surface area contributed by atoms with E-state index in [1.807, 2.05) is 13.8 Å². The lowest BCUT2D eigenvalue weighted by Crippen LogP contribution is -2.52. The van der Waals surface area contributed by atoms with Crippen LogP contribution in [0, 0.1) is 5.41 Å². The molecule has 0 aromatic rings. The first-order valence-corrected chi connectivity index (χ1v) is 8.11. The molecule has 0 aliphatic heterocycles. The first kappa shape index (κ1) is 20.4. The lowest BCUT2D eigenvalue weighted by molar-refractivity contribution is -0.144. The molecule has 4 nitrogen and oxygen atoms in total. The molecule has 0 bridgehead atoms. The minimum atomic E-state index is -0.817. The van der Waals surface area contributed by atoms with Crippen LogP contribution in [0.2, 0.25) is 0 Å². The average molecular weight is 300 g/mol. The number of carboxylic acids is 1. The van der Waals surface area contributed by atoms with Gasteiger partial charge in [-0.3, -0.25) is 10.1 Å². The minimum absolute atomic E-state index is 0.176. The summed E-state index contributed by atoms with van der Waals surface area (Å²) in [7, 11) is 2.15. The van der Waals surface area contributed by atoms with Crippen LogP contribution in [0.25, 0.3) is 0 Å². The summed E-state index contributed by atoms with van der Waals surface area (Å²) in [5.41, 5.74) is -0.550. The van der Waals surface area contributed by atoms with Crippen LogP contribution in [0.3, 0.4) is 0 Å². The summed E-state index contributed by atoms with van der Waals surface area (Å²) < 4.78 is 0. The number of rotatable bonds is 9. The van der Waals surface area contributed by atoms with Gasteiger partial charge in [0.25, 0.3) is 0 Å². The van der Waals surface area contributed by atoms with E-state index in [2.05, 4.69) is 45.0 Å². The Labute approximate surface area is 131 Å². The van der Waals surface area contributed by atoms with Gasteiger partial charge in [-0.05, 0) is 66.0 Å². The normalized spacial score (nSPS) is 17.0. The van der Waals surface area contributed by atoms with Crippen LogP contribution in [0.1, 0.15) is 67.7 Å². The lowest BCUT2D eigenvalue weighted by atomic mass is 9.87. The SMILES string of the molecule is CC(C)NC(C)(CCCCN(C)C(C)C(C)(C)C)C(=O)O. The van der Waals surface area contributed by atoms with E-state index in [1.54, 1.807) is 6.92 Å². The van der Waals surface area contributed by atoms with Crippen molar-refractivity contribution in [3.8, 4) is 0 Å². The number of aliphatic carboxylic acids is 1. The highest BCUT2D eigenvalue weighted by molar-refractivity contribution is 5.78. The van der Waals surface area contributed by atoms with Crippen molar-refractivity contribution in [3.05, 3.63) is 0 Å². The van der Waals surface area contributed by atoms with Crippen LogP contribution in [0.15, 0.2) is 0 Å². The molecule has 0 radical (unpaired) electrons. The maximum atomic E-state index is 11.5. The van der Waals surface area contributed by atoms with Crippen molar-refractivity contribution < 1.29 is 9.90 Å². The number of carbonyl (C=O) groups is 1. The fourth-order valence-corrected chi connectivity index (χ4v) is 2.57. The van der Waals surface area contributed by atoms with Gasteiger partial charge in [-0.25, -0.2) is 0 Å². The van der Waals surface area contributed by atoms with Gasteiger partial charge in [0.05, 0.1) is 0 Å². The van der Waals surface area contributed by atoms with Crippen molar-refractivity contribution in [1.29, 1.82) is 0 Å². The quantitative estimate of drug-likeness (QED) is 0.641. The second-order valence-electron chi connectivity index (χ2n) is 7.92. The Morgan fingerprint density at radius 1 is 1.14 bits per heavy atom. The first-order valence-electron chi connectivity index (χ1n) is 8.11. The van der Waals surface area contributed by atoms with Gasteiger partial charge < -0.3 is 10.0 Å². The molecular formula is C17H36N2O2. The molecule has 0 spiro atoms. The average Bonchev–Trinajstić information content (AvgIpc) is 2.31. The molecule has 0 saturated carbocycles. The molecule has 0 fully saturated rings. The van der Waals surface area contributed by atoms with Gasteiger partial charge >= 0.3 is 5.97 Å². The maximum Gasteiger partial charge on any atom is 0.323 e. The minimum Gasteiger partial charge on any atom is -0.480 e. The molecule has 0 aromatic heterocycles. The Morgan fingerprint density at radius 3 is 2.05 bits per heavy atom. The Hall–Kier alpha value is -0.610. The molecular weight excluding hydrogens is 264 g/mol. The van der Waals surface area contributed by atoms with E-state index in [0.29, 0.717) is 12.5 Å². The topological polar surface area (TPSA) is 52.6 Å². The zero-order valence-electron chi connectivity index (χ0n) is 15.3. The summed E-state index contributed by atoms with van der Waals surface area (Å²) in [5, 5.41) is 12.6. The number of hydrogen-bond acceptors (Lipinski definition) is 3. The van der Waals surface area contributed by atoms with Crippen LogP contribution in [-0.4, -0.2) is 47.2 Å². The summed E-state index contributed by atoms with van der Waals surface area (Å²) in [4.78, 5) is 13.8. The van der Waals surface area contributed by atoms with E-state index in [-0.39, 0.29) is 11.5 Å². The molecule has 2 atom stereocenters. The summed E-state index contributed by atoms with van der Waals surface area (Å²) in [6, 6.07) is 0.687. The van der Waals surface area contributed by atoms with Crippen LogP contribution in [0.5, 0.6) is 0 Å². The molecule has 0 aromatic carbocycles. The Balaban J connectivity index is 4.26. The molecule has 126 valence electrons.